The Morgan fingerprint density at radius 2 is 1.57 bits per heavy atom. The first-order valence-corrected chi connectivity index (χ1v) is 14.8. The summed E-state index contributed by atoms with van der Waals surface area (Å²) >= 11 is 0. The van der Waals surface area contributed by atoms with Crippen LogP contribution in [0, 0.1) is 5.92 Å². The third-order valence-corrected chi connectivity index (χ3v) is 8.98. The standard InChI is InChI=1S/C38H39NO3/c1-24-20-32(21-28-14-16-30(17-15-28)34-12-8-9-13-35(34)38(41)42)27(4)33-19-18-31(22-36(33)26(24)3)37(40)39-23-25(2)29-10-6-5-7-11-29/h5-19,22,25,27,32H,20-21,23H2,1-4H3,(H,39,40)(H,41,42). The first kappa shape index (κ1) is 29.1. The summed E-state index contributed by atoms with van der Waals surface area (Å²) in [6.07, 6.45) is 1.91. The largest absolute Gasteiger partial charge is 0.478 e. The number of fused-ring (bicyclic) bond motifs is 1. The van der Waals surface area contributed by atoms with Crippen molar-refractivity contribution in [1.82, 2.24) is 5.32 Å². The van der Waals surface area contributed by atoms with Crippen molar-refractivity contribution in [1.29, 1.82) is 0 Å². The van der Waals surface area contributed by atoms with Gasteiger partial charge in [-0.1, -0.05) is 98.3 Å². The number of rotatable bonds is 8. The quantitative estimate of drug-likeness (QED) is 0.228. The van der Waals surface area contributed by atoms with Crippen molar-refractivity contribution in [2.24, 2.45) is 5.92 Å². The minimum absolute atomic E-state index is 0.0379. The molecule has 0 aliphatic heterocycles. The van der Waals surface area contributed by atoms with Crippen molar-refractivity contribution in [2.75, 3.05) is 6.54 Å². The zero-order valence-corrected chi connectivity index (χ0v) is 24.9. The predicted molar refractivity (Wildman–Crippen MR) is 171 cm³/mol. The van der Waals surface area contributed by atoms with E-state index in [2.05, 4.69) is 69.4 Å². The summed E-state index contributed by atoms with van der Waals surface area (Å²) in [6, 6.07) is 31.9. The van der Waals surface area contributed by atoms with Crippen LogP contribution in [-0.4, -0.2) is 23.5 Å². The fraction of sp³-hybridized carbons (Fsp3) is 0.263. The van der Waals surface area contributed by atoms with Gasteiger partial charge in [0.25, 0.3) is 5.91 Å². The van der Waals surface area contributed by atoms with Gasteiger partial charge in [-0.05, 0) is 102 Å². The van der Waals surface area contributed by atoms with Gasteiger partial charge in [0, 0.05) is 12.1 Å². The number of carboxylic acid groups (broad SMARTS) is 1. The van der Waals surface area contributed by atoms with Gasteiger partial charge in [-0.25, -0.2) is 4.79 Å². The lowest BCUT2D eigenvalue weighted by Crippen LogP contribution is -2.27. The maximum Gasteiger partial charge on any atom is 0.336 e. The first-order chi connectivity index (χ1) is 20.2. The predicted octanol–water partition coefficient (Wildman–Crippen LogP) is 8.74. The van der Waals surface area contributed by atoms with E-state index in [1.54, 1.807) is 12.1 Å². The fourth-order valence-corrected chi connectivity index (χ4v) is 6.17. The summed E-state index contributed by atoms with van der Waals surface area (Å²) in [5.41, 5.74) is 10.2. The van der Waals surface area contributed by atoms with E-state index in [1.807, 2.05) is 48.5 Å². The first-order valence-electron chi connectivity index (χ1n) is 14.8. The number of carbonyl (C=O) groups is 2. The topological polar surface area (TPSA) is 66.4 Å². The number of benzene rings is 4. The van der Waals surface area contributed by atoms with Crippen LogP contribution < -0.4 is 5.32 Å². The normalized spacial score (nSPS) is 17.2. The summed E-state index contributed by atoms with van der Waals surface area (Å²) in [4.78, 5) is 24.9. The Morgan fingerprint density at radius 1 is 0.881 bits per heavy atom. The Balaban J connectivity index is 1.32. The molecule has 0 fully saturated rings. The molecule has 0 saturated carbocycles. The minimum Gasteiger partial charge on any atom is -0.478 e. The van der Waals surface area contributed by atoms with E-state index >= 15 is 0 Å². The number of nitrogens with one attached hydrogen (secondary N) is 1. The maximum absolute atomic E-state index is 13.2. The highest BCUT2D eigenvalue weighted by Gasteiger charge is 2.27. The van der Waals surface area contributed by atoms with Crippen LogP contribution in [0.5, 0.6) is 0 Å². The van der Waals surface area contributed by atoms with E-state index in [-0.39, 0.29) is 11.8 Å². The number of aromatic carboxylic acids is 1. The molecule has 0 saturated heterocycles. The van der Waals surface area contributed by atoms with Gasteiger partial charge in [0.15, 0.2) is 0 Å². The smallest absolute Gasteiger partial charge is 0.336 e. The Hall–Kier alpha value is -4.44. The molecule has 214 valence electrons. The van der Waals surface area contributed by atoms with Gasteiger partial charge in [0.05, 0.1) is 5.56 Å². The lowest BCUT2D eigenvalue weighted by molar-refractivity contribution is 0.0697. The second-order valence-electron chi connectivity index (χ2n) is 11.7. The van der Waals surface area contributed by atoms with E-state index in [4.69, 9.17) is 0 Å². The van der Waals surface area contributed by atoms with Crippen LogP contribution >= 0.6 is 0 Å². The summed E-state index contributed by atoms with van der Waals surface area (Å²) in [5, 5.41) is 12.7. The number of carbonyl (C=O) groups excluding carboxylic acids is 1. The summed E-state index contributed by atoms with van der Waals surface area (Å²) < 4.78 is 0. The number of carboxylic acids is 1. The Labute approximate surface area is 249 Å². The Morgan fingerprint density at radius 3 is 2.29 bits per heavy atom. The van der Waals surface area contributed by atoms with E-state index in [0.717, 1.165) is 24.0 Å². The van der Waals surface area contributed by atoms with Gasteiger partial charge in [0.2, 0.25) is 0 Å². The molecule has 0 bridgehead atoms. The third kappa shape index (κ3) is 6.23. The fourth-order valence-electron chi connectivity index (χ4n) is 6.17. The Kier molecular flexibility index (Phi) is 8.72. The highest BCUT2D eigenvalue weighted by Crippen LogP contribution is 2.41. The van der Waals surface area contributed by atoms with E-state index < -0.39 is 5.97 Å². The molecule has 2 N–H and O–H groups in total. The molecule has 4 aromatic rings. The van der Waals surface area contributed by atoms with Crippen LogP contribution in [0.1, 0.15) is 88.9 Å². The lowest BCUT2D eigenvalue weighted by atomic mass is 9.80. The van der Waals surface area contributed by atoms with E-state index in [9.17, 15) is 14.7 Å². The zero-order valence-electron chi connectivity index (χ0n) is 24.9. The van der Waals surface area contributed by atoms with Gasteiger partial charge >= 0.3 is 5.97 Å². The molecule has 1 aliphatic carbocycles. The van der Waals surface area contributed by atoms with Crippen LogP contribution in [0.4, 0.5) is 0 Å². The monoisotopic (exact) mass is 557 g/mol. The van der Waals surface area contributed by atoms with Gasteiger partial charge in [-0.15, -0.1) is 0 Å². The number of amides is 1. The van der Waals surface area contributed by atoms with Crippen LogP contribution in [-0.2, 0) is 6.42 Å². The number of hydrogen-bond acceptors (Lipinski definition) is 2. The summed E-state index contributed by atoms with van der Waals surface area (Å²) in [5.74, 6) is 0.00563. The zero-order chi connectivity index (χ0) is 29.8. The molecule has 0 radical (unpaired) electrons. The highest BCUT2D eigenvalue weighted by molar-refractivity contribution is 5.96. The van der Waals surface area contributed by atoms with Gasteiger partial charge in [-0.3, -0.25) is 4.79 Å². The van der Waals surface area contributed by atoms with Crippen LogP contribution in [0.15, 0.2) is 103 Å². The third-order valence-electron chi connectivity index (χ3n) is 8.98. The minimum atomic E-state index is -0.916. The molecule has 4 heteroatoms. The van der Waals surface area contributed by atoms with Gasteiger partial charge < -0.3 is 10.4 Å². The average Bonchev–Trinajstić information content (AvgIpc) is 3.10. The maximum atomic E-state index is 13.2. The van der Waals surface area contributed by atoms with Gasteiger partial charge in [-0.2, -0.15) is 0 Å². The molecular weight excluding hydrogens is 518 g/mol. The van der Waals surface area contributed by atoms with Crippen molar-refractivity contribution < 1.29 is 14.7 Å². The highest BCUT2D eigenvalue weighted by atomic mass is 16.4. The molecule has 5 rings (SSSR count). The van der Waals surface area contributed by atoms with E-state index in [1.165, 1.54) is 33.4 Å². The van der Waals surface area contributed by atoms with Gasteiger partial charge in [0.1, 0.15) is 0 Å². The molecule has 42 heavy (non-hydrogen) atoms. The second kappa shape index (κ2) is 12.6. The van der Waals surface area contributed by atoms with Crippen LogP contribution in [0.3, 0.4) is 0 Å². The molecule has 0 aromatic heterocycles. The lowest BCUT2D eigenvalue weighted by Gasteiger charge is -2.24. The van der Waals surface area contributed by atoms with Crippen molar-refractivity contribution in [3.05, 3.63) is 136 Å². The molecule has 1 aliphatic rings. The molecule has 4 nitrogen and oxygen atoms in total. The Bertz CT molecular complexity index is 1620. The average molecular weight is 558 g/mol. The molecule has 1 amide bonds. The number of allylic oxidation sites excluding steroid dienone is 2. The second-order valence-corrected chi connectivity index (χ2v) is 11.7. The molecular formula is C38H39NO3. The molecule has 0 spiro atoms. The van der Waals surface area contributed by atoms with Crippen molar-refractivity contribution in [3.63, 3.8) is 0 Å². The summed E-state index contributed by atoms with van der Waals surface area (Å²) in [7, 11) is 0. The van der Waals surface area contributed by atoms with Crippen molar-refractivity contribution in [3.8, 4) is 11.1 Å². The van der Waals surface area contributed by atoms with Crippen LogP contribution in [0.25, 0.3) is 16.7 Å². The molecule has 3 atom stereocenters. The van der Waals surface area contributed by atoms with Crippen LogP contribution in [0.2, 0.25) is 0 Å². The van der Waals surface area contributed by atoms with Crippen molar-refractivity contribution >= 4 is 17.4 Å². The molecule has 3 unspecified atom stereocenters. The van der Waals surface area contributed by atoms with Crippen molar-refractivity contribution in [2.45, 2.75) is 52.4 Å². The molecule has 0 heterocycles. The summed E-state index contributed by atoms with van der Waals surface area (Å²) in [6.45, 7) is 9.41. The SMILES string of the molecule is CC1=C(C)c2cc(C(=O)NCC(C)c3ccccc3)ccc2C(C)C(Cc2ccc(-c3ccccc3C(=O)O)cc2)C1. The number of hydrogen-bond donors (Lipinski definition) is 2. The van der Waals surface area contributed by atoms with E-state index in [0.29, 0.717) is 29.5 Å². The molecule has 4 aromatic carbocycles.